The number of nitriles is 1. The van der Waals surface area contributed by atoms with Crippen LogP contribution < -0.4 is 10.6 Å². The summed E-state index contributed by atoms with van der Waals surface area (Å²) in [6.45, 7) is 2.29. The first kappa shape index (κ1) is 23.2. The van der Waals surface area contributed by atoms with Crippen LogP contribution in [0.3, 0.4) is 0 Å². The smallest absolute Gasteiger partial charge is 0.442 e. The van der Waals surface area contributed by atoms with Gasteiger partial charge in [0.1, 0.15) is 5.82 Å². The molecule has 0 aliphatic rings. The summed E-state index contributed by atoms with van der Waals surface area (Å²) in [6, 6.07) is 12.7. The fraction of sp³-hybridized carbons (Fsp3) is 0.238. The van der Waals surface area contributed by atoms with E-state index in [1.54, 1.807) is 48.7 Å². The van der Waals surface area contributed by atoms with Gasteiger partial charge in [-0.15, -0.1) is 15.7 Å². The van der Waals surface area contributed by atoms with Crippen LogP contribution in [-0.2, 0) is 14.5 Å². The summed E-state index contributed by atoms with van der Waals surface area (Å²) >= 11 is 1.58. The maximum atomic E-state index is 12.7. The molecule has 1 amide bonds. The molecule has 2 heterocycles. The summed E-state index contributed by atoms with van der Waals surface area (Å²) in [6.07, 6.45) is 2.61. The van der Waals surface area contributed by atoms with E-state index in [0.717, 1.165) is 10.4 Å². The minimum atomic E-state index is -2.92. The Balaban J connectivity index is 1.81. The van der Waals surface area contributed by atoms with Crippen LogP contribution in [0.25, 0.3) is 10.4 Å². The molecule has 3 rings (SSSR count). The number of carbonyl (C=O) groups is 1. The third-order valence-electron chi connectivity index (χ3n) is 4.17. The Hall–Kier alpha value is -3.49. The zero-order chi connectivity index (χ0) is 23.0. The Bertz CT molecular complexity index is 1230. The lowest BCUT2D eigenvalue weighted by Crippen LogP contribution is -2.07. The van der Waals surface area contributed by atoms with Gasteiger partial charge in [0.25, 0.3) is 0 Å². The molecule has 0 fully saturated rings. The summed E-state index contributed by atoms with van der Waals surface area (Å²) < 4.78 is 21.1. The molecule has 2 aromatic heterocycles. The molecule has 1 unspecified atom stereocenters. The van der Waals surface area contributed by atoms with E-state index in [4.69, 9.17) is 10.00 Å². The van der Waals surface area contributed by atoms with E-state index in [1.165, 1.54) is 6.26 Å². The molecule has 1 aromatic carbocycles. The highest BCUT2D eigenvalue weighted by Gasteiger charge is 2.12. The number of rotatable bonds is 8. The number of hydrogen-bond acceptors (Lipinski definition) is 9. The summed E-state index contributed by atoms with van der Waals surface area (Å²) in [5, 5.41) is 17.1. The number of carbonyl (C=O) groups excluding carboxylic acids is 1. The van der Waals surface area contributed by atoms with Gasteiger partial charge in [0, 0.05) is 34.5 Å². The second-order valence-corrected chi connectivity index (χ2v) is 9.72. The number of anilines is 3. The minimum Gasteiger partial charge on any atom is -0.448 e. The van der Waals surface area contributed by atoms with Crippen LogP contribution >= 0.6 is 11.3 Å². The van der Waals surface area contributed by atoms with Crippen molar-refractivity contribution in [3.05, 3.63) is 48.0 Å². The normalized spacial score (nSPS) is 12.3. The van der Waals surface area contributed by atoms with Crippen molar-refractivity contribution in [1.29, 1.82) is 5.26 Å². The molecular formula is C21H22N6O3S2. The van der Waals surface area contributed by atoms with E-state index in [1.807, 2.05) is 17.5 Å². The molecule has 0 aliphatic heterocycles. The molecular weight excluding hydrogens is 448 g/mol. The van der Waals surface area contributed by atoms with Crippen molar-refractivity contribution < 1.29 is 13.7 Å². The number of thiophene rings is 1. The van der Waals surface area contributed by atoms with Crippen LogP contribution in [-0.4, -0.2) is 39.7 Å². The summed E-state index contributed by atoms with van der Waals surface area (Å²) in [4.78, 5) is 21.9. The Morgan fingerprint density at radius 1 is 1.31 bits per heavy atom. The highest BCUT2D eigenvalue weighted by atomic mass is 32.2. The van der Waals surface area contributed by atoms with Gasteiger partial charge in [0.15, 0.2) is 0 Å². The van der Waals surface area contributed by atoms with Crippen LogP contribution in [0.1, 0.15) is 13.3 Å². The predicted molar refractivity (Wildman–Crippen MR) is 126 cm³/mol. The molecule has 2 N–H and O–H groups in total. The van der Waals surface area contributed by atoms with Crippen molar-refractivity contribution in [1.82, 2.24) is 9.97 Å². The second-order valence-electron chi connectivity index (χ2n) is 6.51. The number of nitrogens with zero attached hydrogens (tertiary/aromatic N) is 4. The lowest BCUT2D eigenvalue weighted by Gasteiger charge is -2.12. The Morgan fingerprint density at radius 2 is 2.09 bits per heavy atom. The van der Waals surface area contributed by atoms with Crippen LogP contribution in [0, 0.1) is 11.3 Å². The van der Waals surface area contributed by atoms with Gasteiger partial charge in [0.2, 0.25) is 5.95 Å². The first-order valence-corrected chi connectivity index (χ1v) is 12.5. The van der Waals surface area contributed by atoms with Crippen LogP contribution in [0.15, 0.2) is 57.2 Å². The number of benzene rings is 1. The van der Waals surface area contributed by atoms with Gasteiger partial charge >= 0.3 is 6.09 Å². The quantitative estimate of drug-likeness (QED) is 0.445. The molecule has 9 nitrogen and oxygen atoms in total. The molecule has 0 aliphatic carbocycles. The fourth-order valence-corrected chi connectivity index (χ4v) is 4.51. The lowest BCUT2D eigenvalue weighted by atomic mass is 10.2. The van der Waals surface area contributed by atoms with E-state index in [9.17, 15) is 9.00 Å². The molecule has 11 heteroatoms. The first-order chi connectivity index (χ1) is 15.4. The molecule has 3 aromatic rings. The average Bonchev–Trinajstić information content (AvgIpc) is 3.29. The molecule has 1 atom stereocenters. The Morgan fingerprint density at radius 3 is 2.75 bits per heavy atom. The molecule has 0 spiro atoms. The Labute approximate surface area is 190 Å². The largest absolute Gasteiger partial charge is 0.448 e. The van der Waals surface area contributed by atoms with Crippen molar-refractivity contribution in [2.75, 3.05) is 30.0 Å². The minimum absolute atomic E-state index is 0.166. The van der Waals surface area contributed by atoms with Crippen LogP contribution in [0.5, 0.6) is 0 Å². The van der Waals surface area contributed by atoms with Gasteiger partial charge in [-0.1, -0.05) is 6.07 Å². The van der Waals surface area contributed by atoms with Crippen molar-refractivity contribution in [2.24, 2.45) is 4.36 Å². The SMILES string of the molecule is CCOC(=O)N=S(C)(=O)c1ccc(Nc2ncc(-c3cccs3)c(NCCC#N)n2)cc1. The van der Waals surface area contributed by atoms with Gasteiger partial charge in [0.05, 0.1) is 34.4 Å². The van der Waals surface area contributed by atoms with Crippen molar-refractivity contribution in [3.8, 4) is 16.5 Å². The standard InChI is InChI=1S/C21H22N6O3S2/c1-3-30-21(28)27-32(2,29)16-9-7-15(8-10-16)25-20-24-14-17(18-6-4-13-31-18)19(26-20)23-12-5-11-22/h4,6-10,13-14H,3,5,12H2,1-2H3,(H2,23,24,25,26). The van der Waals surface area contributed by atoms with Crippen molar-refractivity contribution in [2.45, 2.75) is 18.2 Å². The highest BCUT2D eigenvalue weighted by Crippen LogP contribution is 2.31. The van der Waals surface area contributed by atoms with Crippen molar-refractivity contribution in [3.63, 3.8) is 0 Å². The molecule has 32 heavy (non-hydrogen) atoms. The van der Waals surface area contributed by atoms with Gasteiger partial charge < -0.3 is 15.4 Å². The predicted octanol–water partition coefficient (Wildman–Crippen LogP) is 4.89. The first-order valence-electron chi connectivity index (χ1n) is 9.70. The lowest BCUT2D eigenvalue weighted by molar-refractivity contribution is 0.164. The third kappa shape index (κ3) is 6.03. The van der Waals surface area contributed by atoms with Crippen LogP contribution in [0.2, 0.25) is 0 Å². The number of nitrogens with one attached hydrogen (secondary N) is 2. The van der Waals surface area contributed by atoms with Gasteiger partial charge in [-0.3, -0.25) is 0 Å². The molecule has 0 saturated heterocycles. The summed E-state index contributed by atoms with van der Waals surface area (Å²) in [5.41, 5.74) is 1.53. The van der Waals surface area contributed by atoms with E-state index < -0.39 is 15.8 Å². The zero-order valence-electron chi connectivity index (χ0n) is 17.6. The fourth-order valence-electron chi connectivity index (χ4n) is 2.69. The number of ether oxygens (including phenoxy) is 1. The van der Waals surface area contributed by atoms with E-state index in [0.29, 0.717) is 35.3 Å². The van der Waals surface area contributed by atoms with Crippen molar-refractivity contribution >= 4 is 44.6 Å². The third-order valence-corrected chi connectivity index (χ3v) is 6.72. The van der Waals surface area contributed by atoms with E-state index in [2.05, 4.69) is 31.0 Å². The monoisotopic (exact) mass is 470 g/mol. The number of hydrogen-bond donors (Lipinski definition) is 2. The second kappa shape index (κ2) is 10.7. The number of amides is 1. The van der Waals surface area contributed by atoms with Crippen LogP contribution in [0.4, 0.5) is 22.2 Å². The molecule has 0 saturated carbocycles. The average molecular weight is 471 g/mol. The Kier molecular flexibility index (Phi) is 7.75. The molecule has 0 bridgehead atoms. The van der Waals surface area contributed by atoms with E-state index >= 15 is 0 Å². The maximum absolute atomic E-state index is 12.7. The zero-order valence-corrected chi connectivity index (χ0v) is 19.2. The maximum Gasteiger partial charge on any atom is 0.442 e. The summed E-state index contributed by atoms with van der Waals surface area (Å²) in [5.74, 6) is 0.993. The molecule has 166 valence electrons. The highest BCUT2D eigenvalue weighted by molar-refractivity contribution is 7.93. The topological polar surface area (TPSA) is 129 Å². The molecule has 0 radical (unpaired) electrons. The number of aromatic nitrogens is 2. The van der Waals surface area contributed by atoms with Gasteiger partial charge in [-0.25, -0.2) is 14.0 Å². The van der Waals surface area contributed by atoms with Gasteiger partial charge in [-0.05, 0) is 42.6 Å². The van der Waals surface area contributed by atoms with E-state index in [-0.39, 0.29) is 6.61 Å². The summed E-state index contributed by atoms with van der Waals surface area (Å²) in [7, 11) is -2.92. The van der Waals surface area contributed by atoms with Gasteiger partial charge in [-0.2, -0.15) is 10.2 Å².